The Morgan fingerprint density at radius 1 is 0.636 bits per heavy atom. The van der Waals surface area contributed by atoms with Crippen LogP contribution in [0.25, 0.3) is 0 Å². The van der Waals surface area contributed by atoms with Gasteiger partial charge in [0.15, 0.2) is 0 Å². The molecule has 0 heterocycles. The van der Waals surface area contributed by atoms with Gasteiger partial charge in [-0.2, -0.15) is 0 Å². The van der Waals surface area contributed by atoms with E-state index in [-0.39, 0.29) is 16.8 Å². The minimum absolute atomic E-state index is 0. The normalized spacial score (nSPS) is 10.5. The monoisotopic (exact) mass is 251 g/mol. The Kier molecular flexibility index (Phi) is 9.22. The van der Waals surface area contributed by atoms with Crippen LogP contribution in [0.4, 0.5) is 0 Å². The van der Waals surface area contributed by atoms with E-state index in [2.05, 4.69) is 0 Å². The largest absolute Gasteiger partial charge is 0.759 e. The molecule has 0 rings (SSSR count). The van der Waals surface area contributed by atoms with E-state index < -0.39 is 20.8 Å². The molecule has 0 saturated carbocycles. The molecule has 0 aliphatic carbocycles. The van der Waals surface area contributed by atoms with Gasteiger partial charge in [-0.05, 0) is 0 Å². The van der Waals surface area contributed by atoms with Crippen molar-refractivity contribution in [2.24, 2.45) is 0 Å². The molecule has 0 N–H and O–H groups in total. The van der Waals surface area contributed by atoms with Crippen LogP contribution in [0.2, 0.25) is 0 Å². The molecule has 0 fully saturated rings. The summed E-state index contributed by atoms with van der Waals surface area (Å²) in [6.07, 6.45) is 0. The van der Waals surface area contributed by atoms with Crippen LogP contribution in [0.5, 0.6) is 0 Å². The topological polar surface area (TPSA) is 161 Å². The Morgan fingerprint density at radius 3 is 0.636 bits per heavy atom. The SMILES string of the molecule is O=S(=O)([O-])[O-].O=S(=O)([O-])[O-].[Co]. The van der Waals surface area contributed by atoms with Crippen LogP contribution in [-0.2, 0) is 37.6 Å². The molecule has 0 saturated heterocycles. The Hall–Kier alpha value is 0.246. The van der Waals surface area contributed by atoms with E-state index in [0.717, 1.165) is 0 Å². The zero-order valence-electron chi connectivity index (χ0n) is 4.42. The molecule has 0 aromatic heterocycles. The molecule has 0 spiro atoms. The molecule has 0 aromatic carbocycles. The second-order valence-corrected chi connectivity index (χ2v) is 2.45. The van der Waals surface area contributed by atoms with Crippen molar-refractivity contribution in [2.75, 3.05) is 0 Å². The van der Waals surface area contributed by atoms with Crippen LogP contribution in [-0.4, -0.2) is 35.0 Å². The third-order valence-electron chi connectivity index (χ3n) is 0. The maximum atomic E-state index is 8.52. The minimum atomic E-state index is -5.17. The third-order valence-corrected chi connectivity index (χ3v) is 0. The van der Waals surface area contributed by atoms with E-state index in [1.165, 1.54) is 0 Å². The average Bonchev–Trinajstić information content (AvgIpc) is 1.12. The summed E-state index contributed by atoms with van der Waals surface area (Å²) in [7, 11) is -10.3. The summed E-state index contributed by atoms with van der Waals surface area (Å²) in [4.78, 5) is 0. The zero-order chi connectivity index (χ0) is 9.00. The van der Waals surface area contributed by atoms with Crippen molar-refractivity contribution in [2.45, 2.75) is 0 Å². The molecule has 73 valence electrons. The first kappa shape index (κ1) is 17.4. The van der Waals surface area contributed by atoms with Crippen molar-refractivity contribution in [3.05, 3.63) is 0 Å². The third kappa shape index (κ3) is 11500. The number of hydrogen-bond acceptors (Lipinski definition) is 8. The van der Waals surface area contributed by atoms with Crippen LogP contribution in [0.1, 0.15) is 0 Å². The Morgan fingerprint density at radius 2 is 0.636 bits per heavy atom. The fraction of sp³-hybridized carbons (Fsp3) is 0. The first-order chi connectivity index (χ1) is 4.00. The van der Waals surface area contributed by atoms with Gasteiger partial charge in [-0.3, -0.25) is 16.8 Å². The average molecular weight is 251 g/mol. The van der Waals surface area contributed by atoms with Gasteiger partial charge in [0.05, 0.1) is 0 Å². The first-order valence-corrected chi connectivity index (χ1v) is 4.00. The van der Waals surface area contributed by atoms with E-state index in [9.17, 15) is 0 Å². The van der Waals surface area contributed by atoms with Crippen molar-refractivity contribution in [1.29, 1.82) is 0 Å². The minimum Gasteiger partial charge on any atom is -0.759 e. The van der Waals surface area contributed by atoms with E-state index in [4.69, 9.17) is 35.0 Å². The molecule has 0 atom stereocenters. The summed E-state index contributed by atoms with van der Waals surface area (Å²) in [6, 6.07) is 0. The Labute approximate surface area is 73.0 Å². The molecule has 0 amide bonds. The second-order valence-electron chi connectivity index (χ2n) is 0.816. The van der Waals surface area contributed by atoms with Crippen LogP contribution >= 0.6 is 0 Å². The van der Waals surface area contributed by atoms with Gasteiger partial charge in [-0.25, -0.2) is 0 Å². The number of rotatable bonds is 0. The predicted molar refractivity (Wildman–Crippen MR) is 20.9 cm³/mol. The maximum Gasteiger partial charge on any atom is 0.0311 e. The van der Waals surface area contributed by atoms with Gasteiger partial charge in [0.1, 0.15) is 0 Å². The molecular formula is CoO8S2-4. The quantitative estimate of drug-likeness (QED) is 0.332. The molecule has 8 nitrogen and oxygen atoms in total. The van der Waals surface area contributed by atoms with Crippen LogP contribution in [0.3, 0.4) is 0 Å². The van der Waals surface area contributed by atoms with Gasteiger partial charge in [0.2, 0.25) is 0 Å². The first-order valence-electron chi connectivity index (χ1n) is 1.33. The molecule has 0 aromatic rings. The zero-order valence-corrected chi connectivity index (χ0v) is 7.09. The van der Waals surface area contributed by atoms with E-state index >= 15 is 0 Å². The Balaban J connectivity index is -0.000000107. The van der Waals surface area contributed by atoms with Crippen molar-refractivity contribution < 1.29 is 51.8 Å². The van der Waals surface area contributed by atoms with Gasteiger partial charge in [-0.1, -0.05) is 0 Å². The summed E-state index contributed by atoms with van der Waals surface area (Å²) in [5.41, 5.74) is 0. The molecule has 0 aliphatic rings. The number of hydrogen-bond donors (Lipinski definition) is 0. The summed E-state index contributed by atoms with van der Waals surface area (Å²) in [5.74, 6) is 0. The van der Waals surface area contributed by atoms with Crippen LogP contribution < -0.4 is 0 Å². The summed E-state index contributed by atoms with van der Waals surface area (Å²) in [5, 5.41) is 0. The van der Waals surface area contributed by atoms with Crippen LogP contribution in [0.15, 0.2) is 0 Å². The smallest absolute Gasteiger partial charge is 0.0311 e. The molecule has 0 unspecified atom stereocenters. The molecule has 11 heteroatoms. The van der Waals surface area contributed by atoms with Crippen molar-refractivity contribution in [3.8, 4) is 0 Å². The molecular weight excluding hydrogens is 251 g/mol. The van der Waals surface area contributed by atoms with Crippen molar-refractivity contribution in [3.63, 3.8) is 0 Å². The molecule has 1 radical (unpaired) electrons. The standard InChI is InChI=1S/Co.2H2O4S/c;2*1-5(2,3)4/h;2*(H2,1,2,3,4)/p-4. The van der Waals surface area contributed by atoms with Crippen molar-refractivity contribution in [1.82, 2.24) is 0 Å². The van der Waals surface area contributed by atoms with Gasteiger partial charge < -0.3 is 18.2 Å². The van der Waals surface area contributed by atoms with E-state index in [1.54, 1.807) is 0 Å². The summed E-state index contributed by atoms with van der Waals surface area (Å²) >= 11 is 0. The predicted octanol–water partition coefficient (Wildman–Crippen LogP) is -2.68. The fourth-order valence-electron chi connectivity index (χ4n) is 0. The van der Waals surface area contributed by atoms with Gasteiger partial charge in [-0.15, -0.1) is 0 Å². The van der Waals surface area contributed by atoms with Crippen LogP contribution in [0, 0.1) is 0 Å². The van der Waals surface area contributed by atoms with E-state index in [1.807, 2.05) is 0 Å². The van der Waals surface area contributed by atoms with Gasteiger partial charge in [0, 0.05) is 37.6 Å². The fourth-order valence-corrected chi connectivity index (χ4v) is 0. The maximum absolute atomic E-state index is 8.52. The van der Waals surface area contributed by atoms with E-state index in [0.29, 0.717) is 0 Å². The van der Waals surface area contributed by atoms with Gasteiger partial charge >= 0.3 is 0 Å². The molecule has 0 aliphatic heterocycles. The Bertz CT molecular complexity index is 208. The van der Waals surface area contributed by atoms with Crippen molar-refractivity contribution >= 4 is 20.8 Å². The molecule has 11 heavy (non-hydrogen) atoms. The van der Waals surface area contributed by atoms with Gasteiger partial charge in [0.25, 0.3) is 0 Å². The summed E-state index contributed by atoms with van der Waals surface area (Å²) in [6.45, 7) is 0. The summed E-state index contributed by atoms with van der Waals surface area (Å²) < 4.78 is 68.2. The second kappa shape index (κ2) is 5.84. The molecule has 0 bridgehead atoms.